The number of ether oxygens (including phenoxy) is 1. The van der Waals surface area contributed by atoms with Crippen molar-refractivity contribution in [1.82, 2.24) is 4.57 Å². The monoisotopic (exact) mass is 336 g/mol. The van der Waals surface area contributed by atoms with Crippen LogP contribution in [0.3, 0.4) is 0 Å². The number of aromatic nitrogens is 1. The summed E-state index contributed by atoms with van der Waals surface area (Å²) < 4.78 is 18.4. The summed E-state index contributed by atoms with van der Waals surface area (Å²) in [5.41, 5.74) is -1.30. The van der Waals surface area contributed by atoms with Gasteiger partial charge in [0.2, 0.25) is 0 Å². The number of rotatable bonds is 4. The minimum atomic E-state index is -2.43. The number of hydrogen-bond donors (Lipinski definition) is 0. The molecule has 0 radical (unpaired) electrons. The van der Waals surface area contributed by atoms with E-state index in [2.05, 4.69) is 20.7 Å². The summed E-state index contributed by atoms with van der Waals surface area (Å²) in [6.07, 6.45) is -1.74. The summed E-state index contributed by atoms with van der Waals surface area (Å²) in [7, 11) is 0. The molecule has 0 amide bonds. The first-order chi connectivity index (χ1) is 8.81. The minimum absolute atomic E-state index is 0.0577. The zero-order chi connectivity index (χ0) is 14.7. The highest BCUT2D eigenvalue weighted by Gasteiger charge is 2.27. The molecule has 9 heteroatoms. The summed E-state index contributed by atoms with van der Waals surface area (Å²) in [6.45, 7) is 2.75. The Morgan fingerprint density at radius 2 is 2.26 bits per heavy atom. The van der Waals surface area contributed by atoms with Crippen LogP contribution in [0.2, 0.25) is 0 Å². The largest absolute Gasteiger partial charge is 0.462 e. The minimum Gasteiger partial charge on any atom is -0.462 e. The van der Waals surface area contributed by atoms with Crippen molar-refractivity contribution in [2.24, 2.45) is 0 Å². The van der Waals surface area contributed by atoms with E-state index in [4.69, 9.17) is 0 Å². The van der Waals surface area contributed by atoms with Crippen molar-refractivity contribution in [2.75, 3.05) is 6.61 Å². The Morgan fingerprint density at radius 3 is 2.74 bits per heavy atom. The van der Waals surface area contributed by atoms with Gasteiger partial charge in [0.15, 0.2) is 0 Å². The molecule has 0 saturated carbocycles. The molecule has 1 rings (SSSR count). The lowest BCUT2D eigenvalue weighted by molar-refractivity contribution is -0.386. The SMILES string of the molecule is CCOC(=O)C(F)n1cc([N+](=O)[O-])c(C)c(Br)c1=O. The van der Waals surface area contributed by atoms with Gasteiger partial charge >= 0.3 is 5.97 Å². The van der Waals surface area contributed by atoms with E-state index < -0.39 is 28.4 Å². The average Bonchev–Trinajstić information content (AvgIpc) is 2.35. The van der Waals surface area contributed by atoms with Gasteiger partial charge in [-0.15, -0.1) is 0 Å². The molecule has 7 nitrogen and oxygen atoms in total. The number of carbonyl (C=O) groups is 1. The molecule has 0 spiro atoms. The first kappa shape index (κ1) is 15.3. The van der Waals surface area contributed by atoms with Crippen molar-refractivity contribution in [2.45, 2.75) is 20.1 Å². The third-order valence-corrected chi connectivity index (χ3v) is 3.25. The van der Waals surface area contributed by atoms with E-state index in [1.807, 2.05) is 0 Å². The molecular weight excluding hydrogens is 327 g/mol. The third kappa shape index (κ3) is 2.98. The number of carbonyl (C=O) groups excluding carboxylic acids is 1. The van der Waals surface area contributed by atoms with Gasteiger partial charge in [-0.1, -0.05) is 0 Å². The first-order valence-corrected chi connectivity index (χ1v) is 5.96. The number of alkyl halides is 1. The standard InChI is InChI=1S/C10H10BrFN2O5/c1-3-19-10(16)8(12)13-4-6(14(17)18)5(2)7(11)9(13)15/h4,8H,3H2,1-2H3. The molecule has 19 heavy (non-hydrogen) atoms. The molecule has 0 aliphatic rings. The van der Waals surface area contributed by atoms with Crippen LogP contribution in [0.4, 0.5) is 10.1 Å². The van der Waals surface area contributed by atoms with Crippen molar-refractivity contribution >= 4 is 27.6 Å². The lowest BCUT2D eigenvalue weighted by atomic mass is 10.2. The number of hydrogen-bond acceptors (Lipinski definition) is 5. The topological polar surface area (TPSA) is 91.4 Å². The van der Waals surface area contributed by atoms with Gasteiger partial charge in [0.05, 0.1) is 22.2 Å². The van der Waals surface area contributed by atoms with Crippen LogP contribution < -0.4 is 5.56 Å². The number of pyridine rings is 1. The van der Waals surface area contributed by atoms with E-state index in [9.17, 15) is 24.1 Å². The van der Waals surface area contributed by atoms with Crippen LogP contribution in [-0.4, -0.2) is 22.1 Å². The zero-order valence-corrected chi connectivity index (χ0v) is 11.6. The van der Waals surface area contributed by atoms with E-state index in [1.165, 1.54) is 13.8 Å². The van der Waals surface area contributed by atoms with Crippen molar-refractivity contribution in [1.29, 1.82) is 0 Å². The molecule has 1 aromatic rings. The van der Waals surface area contributed by atoms with Crippen molar-refractivity contribution in [3.8, 4) is 0 Å². The zero-order valence-electron chi connectivity index (χ0n) is 10.1. The Hall–Kier alpha value is -1.77. The van der Waals surface area contributed by atoms with Gasteiger partial charge in [0.1, 0.15) is 0 Å². The molecule has 1 unspecified atom stereocenters. The molecule has 1 atom stereocenters. The molecular formula is C10H10BrFN2O5. The van der Waals surface area contributed by atoms with Crippen LogP contribution in [0.15, 0.2) is 15.5 Å². The second kappa shape index (κ2) is 5.91. The number of nitro groups is 1. The van der Waals surface area contributed by atoms with E-state index in [1.54, 1.807) is 0 Å². The van der Waals surface area contributed by atoms with E-state index in [-0.39, 0.29) is 16.6 Å². The van der Waals surface area contributed by atoms with Crippen molar-refractivity contribution in [3.63, 3.8) is 0 Å². The molecule has 0 aliphatic heterocycles. The van der Waals surface area contributed by atoms with E-state index in [0.29, 0.717) is 10.8 Å². The lowest BCUT2D eigenvalue weighted by Crippen LogP contribution is -2.29. The smallest absolute Gasteiger partial charge is 0.362 e. The number of halogens is 2. The molecule has 1 aromatic heterocycles. The van der Waals surface area contributed by atoms with E-state index >= 15 is 0 Å². The van der Waals surface area contributed by atoms with Crippen molar-refractivity contribution in [3.05, 3.63) is 36.7 Å². The summed E-state index contributed by atoms with van der Waals surface area (Å²) in [6, 6.07) is 0. The lowest BCUT2D eigenvalue weighted by Gasteiger charge is -2.12. The number of esters is 1. The second-order valence-electron chi connectivity index (χ2n) is 3.51. The molecule has 0 aliphatic carbocycles. The predicted molar refractivity (Wildman–Crippen MR) is 66.6 cm³/mol. The maximum Gasteiger partial charge on any atom is 0.362 e. The van der Waals surface area contributed by atoms with Crippen molar-refractivity contribution < 1.29 is 18.8 Å². The average molecular weight is 337 g/mol. The number of nitrogens with zero attached hydrogens (tertiary/aromatic N) is 2. The van der Waals surface area contributed by atoms with Crippen LogP contribution in [0.1, 0.15) is 18.8 Å². The Kier molecular flexibility index (Phi) is 4.76. The van der Waals surface area contributed by atoms with Gasteiger partial charge in [-0.05, 0) is 29.8 Å². The van der Waals surface area contributed by atoms with Crippen LogP contribution in [-0.2, 0) is 9.53 Å². The fourth-order valence-electron chi connectivity index (χ4n) is 1.35. The molecule has 0 aromatic carbocycles. The van der Waals surface area contributed by atoms with Crippen LogP contribution >= 0.6 is 15.9 Å². The van der Waals surface area contributed by atoms with Gasteiger partial charge in [-0.3, -0.25) is 19.5 Å². The highest BCUT2D eigenvalue weighted by molar-refractivity contribution is 9.10. The van der Waals surface area contributed by atoms with Gasteiger partial charge in [0.25, 0.3) is 17.5 Å². The fraction of sp³-hybridized carbons (Fsp3) is 0.400. The van der Waals surface area contributed by atoms with Crippen LogP contribution in [0, 0.1) is 17.0 Å². The van der Waals surface area contributed by atoms with Gasteiger partial charge in [-0.25, -0.2) is 9.18 Å². The molecule has 104 valence electrons. The molecule has 1 heterocycles. The molecule has 0 bridgehead atoms. The maximum absolute atomic E-state index is 13.8. The summed E-state index contributed by atoms with van der Waals surface area (Å²) >= 11 is 2.85. The van der Waals surface area contributed by atoms with Gasteiger partial charge < -0.3 is 4.74 Å². The molecule has 0 N–H and O–H groups in total. The predicted octanol–water partition coefficient (Wildman–Crippen LogP) is 1.86. The Labute approximate surface area is 115 Å². The summed E-state index contributed by atoms with van der Waals surface area (Å²) in [5.74, 6) is -1.28. The maximum atomic E-state index is 13.8. The van der Waals surface area contributed by atoms with Crippen LogP contribution in [0.5, 0.6) is 0 Å². The third-order valence-electron chi connectivity index (χ3n) is 2.32. The highest BCUT2D eigenvalue weighted by Crippen LogP contribution is 2.24. The highest BCUT2D eigenvalue weighted by atomic mass is 79.9. The van der Waals surface area contributed by atoms with Crippen LogP contribution in [0.25, 0.3) is 0 Å². The molecule has 0 saturated heterocycles. The second-order valence-corrected chi connectivity index (χ2v) is 4.30. The normalized spacial score (nSPS) is 12.0. The summed E-state index contributed by atoms with van der Waals surface area (Å²) in [4.78, 5) is 33.0. The Morgan fingerprint density at radius 1 is 1.68 bits per heavy atom. The Balaban J connectivity index is 3.40. The first-order valence-electron chi connectivity index (χ1n) is 5.17. The summed E-state index contributed by atoms with van der Waals surface area (Å²) in [5, 5.41) is 10.8. The van der Waals surface area contributed by atoms with Gasteiger partial charge in [-0.2, -0.15) is 0 Å². The molecule has 0 fully saturated rings. The van der Waals surface area contributed by atoms with Gasteiger partial charge in [0, 0.05) is 5.56 Å². The quantitative estimate of drug-likeness (QED) is 0.475. The van der Waals surface area contributed by atoms with E-state index in [0.717, 1.165) is 0 Å². The Bertz CT molecular complexity index is 586. The fourth-order valence-corrected chi connectivity index (χ4v) is 1.76.